The second-order valence-corrected chi connectivity index (χ2v) is 4.99. The molecule has 2 nitrogen and oxygen atoms in total. The molecule has 4 heteroatoms. The van der Waals surface area contributed by atoms with E-state index in [1.54, 1.807) is 0 Å². The molecule has 72 valence electrons. The van der Waals surface area contributed by atoms with Crippen molar-refractivity contribution in [3.8, 4) is 0 Å². The summed E-state index contributed by atoms with van der Waals surface area (Å²) in [6.45, 7) is 3.84. The van der Waals surface area contributed by atoms with Crippen molar-refractivity contribution in [2.24, 2.45) is 5.92 Å². The maximum absolute atomic E-state index is 11.0. The Labute approximate surface area is 89.7 Å². The molecule has 0 fully saturated rings. The molecule has 0 saturated heterocycles. The van der Waals surface area contributed by atoms with Crippen molar-refractivity contribution in [2.75, 3.05) is 0 Å². The molecule has 1 unspecified atom stereocenters. The van der Waals surface area contributed by atoms with Crippen molar-refractivity contribution in [1.29, 1.82) is 0 Å². The quantitative estimate of drug-likeness (QED) is 0.908. The predicted octanol–water partition coefficient (Wildman–Crippen LogP) is 3.33. The third-order valence-corrected chi connectivity index (χ3v) is 3.81. The van der Waals surface area contributed by atoms with Crippen molar-refractivity contribution in [3.63, 3.8) is 0 Å². The summed E-state index contributed by atoms with van der Waals surface area (Å²) in [4.78, 5) is 11.9. The van der Waals surface area contributed by atoms with Crippen LogP contribution < -0.4 is 0 Å². The molecule has 0 bridgehead atoms. The maximum atomic E-state index is 11.0. The minimum Gasteiger partial charge on any atom is -0.481 e. The fourth-order valence-electron chi connectivity index (χ4n) is 1.23. The molecule has 0 radical (unpaired) electrons. The number of hydrogen-bond donors (Lipinski definition) is 1. The van der Waals surface area contributed by atoms with Gasteiger partial charge in [0.1, 0.15) is 0 Å². The van der Waals surface area contributed by atoms with Crippen LogP contribution in [-0.4, -0.2) is 11.1 Å². The first-order valence-corrected chi connectivity index (χ1v) is 5.67. The van der Waals surface area contributed by atoms with Crippen molar-refractivity contribution >= 4 is 33.2 Å². The number of rotatable bonds is 3. The van der Waals surface area contributed by atoms with Crippen LogP contribution in [0.4, 0.5) is 0 Å². The summed E-state index contributed by atoms with van der Waals surface area (Å²) in [6.07, 6.45) is 0. The van der Waals surface area contributed by atoms with Crippen molar-refractivity contribution < 1.29 is 9.90 Å². The number of hydrogen-bond acceptors (Lipinski definition) is 2. The molecule has 0 aromatic carbocycles. The summed E-state index contributed by atoms with van der Waals surface area (Å²) in [5.41, 5.74) is 0. The minimum absolute atomic E-state index is 0.118. The van der Waals surface area contributed by atoms with Crippen LogP contribution >= 0.6 is 27.3 Å². The standard InChI is InChI=1S/C9H11BrO2S/c1-5(2)7(9(11)12)8-6(10)3-4-13-8/h3-5,7H,1-2H3,(H,11,12). The van der Waals surface area contributed by atoms with Gasteiger partial charge in [-0.25, -0.2) is 0 Å². The average molecular weight is 263 g/mol. The Morgan fingerprint density at radius 1 is 1.62 bits per heavy atom. The largest absolute Gasteiger partial charge is 0.481 e. The van der Waals surface area contributed by atoms with Gasteiger partial charge in [0.25, 0.3) is 0 Å². The third kappa shape index (κ3) is 2.31. The summed E-state index contributed by atoms with van der Waals surface area (Å²) < 4.78 is 0.901. The van der Waals surface area contributed by atoms with Crippen LogP contribution in [0.1, 0.15) is 24.6 Å². The number of halogens is 1. The molecule has 0 amide bonds. The van der Waals surface area contributed by atoms with Gasteiger partial charge in [-0.1, -0.05) is 13.8 Å². The minimum atomic E-state index is -0.752. The highest BCUT2D eigenvalue weighted by Crippen LogP contribution is 2.34. The Morgan fingerprint density at radius 2 is 2.23 bits per heavy atom. The fraction of sp³-hybridized carbons (Fsp3) is 0.444. The normalized spacial score (nSPS) is 13.2. The Hall–Kier alpha value is -0.350. The first-order chi connectivity index (χ1) is 6.04. The van der Waals surface area contributed by atoms with E-state index in [9.17, 15) is 4.79 Å². The number of carbonyl (C=O) groups is 1. The summed E-state index contributed by atoms with van der Waals surface area (Å²) in [5.74, 6) is -1.03. The SMILES string of the molecule is CC(C)C(C(=O)O)c1sccc1Br. The van der Waals surface area contributed by atoms with Gasteiger partial charge in [-0.3, -0.25) is 4.79 Å². The molecular weight excluding hydrogens is 252 g/mol. The number of thiophene rings is 1. The zero-order chi connectivity index (χ0) is 10.0. The van der Waals surface area contributed by atoms with Gasteiger partial charge < -0.3 is 5.11 Å². The second kappa shape index (κ2) is 4.24. The van der Waals surface area contributed by atoms with Crippen LogP contribution in [0.3, 0.4) is 0 Å². The van der Waals surface area contributed by atoms with E-state index in [-0.39, 0.29) is 5.92 Å². The van der Waals surface area contributed by atoms with E-state index >= 15 is 0 Å². The van der Waals surface area contributed by atoms with Gasteiger partial charge in [-0.05, 0) is 33.3 Å². The van der Waals surface area contributed by atoms with Crippen LogP contribution in [0.2, 0.25) is 0 Å². The van der Waals surface area contributed by atoms with E-state index in [4.69, 9.17) is 5.11 Å². The molecule has 1 N–H and O–H groups in total. The molecule has 13 heavy (non-hydrogen) atoms. The molecule has 0 aliphatic carbocycles. The van der Waals surface area contributed by atoms with Crippen LogP contribution in [-0.2, 0) is 4.79 Å². The molecule has 1 aromatic rings. The van der Waals surface area contributed by atoms with Crippen LogP contribution in [0, 0.1) is 5.92 Å². The number of carboxylic acid groups (broad SMARTS) is 1. The lowest BCUT2D eigenvalue weighted by atomic mass is 9.94. The van der Waals surface area contributed by atoms with Crippen LogP contribution in [0.25, 0.3) is 0 Å². The maximum Gasteiger partial charge on any atom is 0.312 e. The van der Waals surface area contributed by atoms with Crippen molar-refractivity contribution in [1.82, 2.24) is 0 Å². The van der Waals surface area contributed by atoms with E-state index in [2.05, 4.69) is 15.9 Å². The molecule has 0 aliphatic heterocycles. The smallest absolute Gasteiger partial charge is 0.312 e. The highest BCUT2D eigenvalue weighted by Gasteiger charge is 2.26. The highest BCUT2D eigenvalue weighted by molar-refractivity contribution is 9.10. The molecule has 0 spiro atoms. The van der Waals surface area contributed by atoms with E-state index in [0.717, 1.165) is 9.35 Å². The lowest BCUT2D eigenvalue weighted by molar-refractivity contribution is -0.139. The van der Waals surface area contributed by atoms with Crippen LogP contribution in [0.5, 0.6) is 0 Å². The topological polar surface area (TPSA) is 37.3 Å². The fourth-order valence-corrected chi connectivity index (χ4v) is 3.11. The van der Waals surface area contributed by atoms with E-state index in [1.807, 2.05) is 25.3 Å². The molecule has 1 aromatic heterocycles. The van der Waals surface area contributed by atoms with Gasteiger partial charge in [0.05, 0.1) is 5.92 Å². The van der Waals surface area contributed by atoms with Crippen molar-refractivity contribution in [3.05, 3.63) is 20.8 Å². The number of aliphatic carboxylic acids is 1. The molecule has 0 saturated carbocycles. The summed E-state index contributed by atoms with van der Waals surface area (Å²) >= 11 is 4.84. The van der Waals surface area contributed by atoms with Gasteiger partial charge in [0.15, 0.2) is 0 Å². The van der Waals surface area contributed by atoms with Gasteiger partial charge in [-0.2, -0.15) is 0 Å². The average Bonchev–Trinajstić information content (AvgIpc) is 2.35. The van der Waals surface area contributed by atoms with Gasteiger partial charge in [-0.15, -0.1) is 11.3 Å². The Balaban J connectivity index is 3.02. The predicted molar refractivity (Wildman–Crippen MR) is 57.2 cm³/mol. The lowest BCUT2D eigenvalue weighted by Gasteiger charge is -2.14. The summed E-state index contributed by atoms with van der Waals surface area (Å²) in [6, 6.07) is 1.89. The lowest BCUT2D eigenvalue weighted by Crippen LogP contribution is -2.16. The Kier molecular flexibility index (Phi) is 3.50. The van der Waals surface area contributed by atoms with E-state index < -0.39 is 11.9 Å². The van der Waals surface area contributed by atoms with Crippen LogP contribution in [0.15, 0.2) is 15.9 Å². The van der Waals surface area contributed by atoms with Gasteiger partial charge >= 0.3 is 5.97 Å². The van der Waals surface area contributed by atoms with Gasteiger partial charge in [0, 0.05) is 9.35 Å². The molecule has 1 rings (SSSR count). The molecule has 0 aliphatic rings. The monoisotopic (exact) mass is 262 g/mol. The third-order valence-electron chi connectivity index (χ3n) is 1.86. The van der Waals surface area contributed by atoms with Gasteiger partial charge in [0.2, 0.25) is 0 Å². The highest BCUT2D eigenvalue weighted by atomic mass is 79.9. The number of carboxylic acids is 1. The molecule has 1 atom stereocenters. The molecular formula is C9H11BrO2S. The zero-order valence-electron chi connectivity index (χ0n) is 7.45. The molecule has 1 heterocycles. The zero-order valence-corrected chi connectivity index (χ0v) is 9.85. The first kappa shape index (κ1) is 10.7. The van der Waals surface area contributed by atoms with Crippen molar-refractivity contribution in [2.45, 2.75) is 19.8 Å². The first-order valence-electron chi connectivity index (χ1n) is 3.99. The summed E-state index contributed by atoms with van der Waals surface area (Å²) in [7, 11) is 0. The second-order valence-electron chi connectivity index (χ2n) is 3.19. The summed E-state index contributed by atoms with van der Waals surface area (Å²) in [5, 5.41) is 10.9. The Bertz CT molecular complexity index is 306. The van der Waals surface area contributed by atoms with E-state index in [1.165, 1.54) is 11.3 Å². The Morgan fingerprint density at radius 3 is 2.54 bits per heavy atom. The van der Waals surface area contributed by atoms with E-state index in [0.29, 0.717) is 0 Å².